The van der Waals surface area contributed by atoms with Gasteiger partial charge in [-0.2, -0.15) is 0 Å². The number of halogens is 1. The van der Waals surface area contributed by atoms with Gasteiger partial charge in [0.25, 0.3) is 0 Å². The van der Waals surface area contributed by atoms with Crippen LogP contribution in [0.25, 0.3) is 0 Å². The molecule has 0 saturated carbocycles. The van der Waals surface area contributed by atoms with Crippen molar-refractivity contribution in [3.63, 3.8) is 0 Å². The molecular formula is C15H23ClN2. The molecule has 0 amide bonds. The highest BCUT2D eigenvalue weighted by Gasteiger charge is 2.31. The van der Waals surface area contributed by atoms with E-state index in [2.05, 4.69) is 24.8 Å². The molecule has 3 heteroatoms. The predicted octanol–water partition coefficient (Wildman–Crippen LogP) is 3.29. The first kappa shape index (κ1) is 13.9. The zero-order chi connectivity index (χ0) is 13.2. The fourth-order valence-electron chi connectivity index (χ4n) is 2.79. The molecule has 2 unspecified atom stereocenters. The lowest BCUT2D eigenvalue weighted by Gasteiger charge is -2.43. The highest BCUT2D eigenvalue weighted by atomic mass is 35.5. The first-order valence-electron chi connectivity index (χ1n) is 6.76. The van der Waals surface area contributed by atoms with E-state index in [0.29, 0.717) is 0 Å². The molecule has 1 aliphatic heterocycles. The molecule has 0 bridgehead atoms. The fourth-order valence-corrected chi connectivity index (χ4v) is 3.00. The quantitative estimate of drug-likeness (QED) is 0.910. The third-order valence-corrected chi connectivity index (χ3v) is 4.25. The number of likely N-dealkylation sites (tertiary alicyclic amines) is 1. The van der Waals surface area contributed by atoms with E-state index in [-0.39, 0.29) is 5.66 Å². The second-order valence-electron chi connectivity index (χ2n) is 5.82. The van der Waals surface area contributed by atoms with Gasteiger partial charge in [0.15, 0.2) is 0 Å². The maximum atomic E-state index is 6.52. The first-order chi connectivity index (χ1) is 8.49. The highest BCUT2D eigenvalue weighted by Crippen LogP contribution is 2.26. The van der Waals surface area contributed by atoms with Crippen LogP contribution in [0.1, 0.15) is 32.3 Å². The summed E-state index contributed by atoms with van der Waals surface area (Å²) in [7, 11) is 0. The monoisotopic (exact) mass is 266 g/mol. The molecule has 18 heavy (non-hydrogen) atoms. The third kappa shape index (κ3) is 3.25. The van der Waals surface area contributed by atoms with Gasteiger partial charge in [0.05, 0.1) is 5.66 Å². The first-order valence-corrected chi connectivity index (χ1v) is 7.14. The Morgan fingerprint density at radius 2 is 2.17 bits per heavy atom. The molecule has 0 aromatic heterocycles. The minimum absolute atomic E-state index is 0.306. The Balaban J connectivity index is 2.09. The van der Waals surface area contributed by atoms with E-state index in [9.17, 15) is 0 Å². The van der Waals surface area contributed by atoms with E-state index in [1.165, 1.54) is 12.8 Å². The summed E-state index contributed by atoms with van der Waals surface area (Å²) in [5.74, 6) is 0.743. The van der Waals surface area contributed by atoms with Gasteiger partial charge in [-0.3, -0.25) is 4.90 Å². The fraction of sp³-hybridized carbons (Fsp3) is 0.600. The topological polar surface area (TPSA) is 29.3 Å². The number of nitrogens with zero attached hydrogens (tertiary/aromatic N) is 1. The summed E-state index contributed by atoms with van der Waals surface area (Å²) in [6.45, 7) is 6.62. The van der Waals surface area contributed by atoms with Gasteiger partial charge >= 0.3 is 0 Å². The maximum Gasteiger partial charge on any atom is 0.0700 e. The average Bonchev–Trinajstić information content (AvgIpc) is 2.32. The Bertz CT molecular complexity index is 403. The average molecular weight is 267 g/mol. The lowest BCUT2D eigenvalue weighted by atomic mass is 9.94. The lowest BCUT2D eigenvalue weighted by Crippen LogP contribution is -2.58. The molecule has 0 radical (unpaired) electrons. The third-order valence-electron chi connectivity index (χ3n) is 3.89. The van der Waals surface area contributed by atoms with Crippen LogP contribution in [0.2, 0.25) is 5.02 Å². The second kappa shape index (κ2) is 5.60. The van der Waals surface area contributed by atoms with Gasteiger partial charge in [-0.05, 0) is 43.9 Å². The van der Waals surface area contributed by atoms with Crippen molar-refractivity contribution in [3.05, 3.63) is 34.9 Å². The Labute approximate surface area is 115 Å². The van der Waals surface area contributed by atoms with Crippen LogP contribution < -0.4 is 5.73 Å². The summed E-state index contributed by atoms with van der Waals surface area (Å²) in [5.41, 5.74) is 7.36. The molecule has 2 rings (SSSR count). The molecular weight excluding hydrogens is 244 g/mol. The molecule has 1 fully saturated rings. The smallest absolute Gasteiger partial charge is 0.0700 e. The summed E-state index contributed by atoms with van der Waals surface area (Å²) < 4.78 is 0. The van der Waals surface area contributed by atoms with Gasteiger partial charge in [-0.15, -0.1) is 0 Å². The number of piperidine rings is 1. The van der Waals surface area contributed by atoms with Crippen LogP contribution in [0.3, 0.4) is 0 Å². The molecule has 0 spiro atoms. The van der Waals surface area contributed by atoms with Crippen molar-refractivity contribution in [2.45, 2.75) is 38.8 Å². The van der Waals surface area contributed by atoms with Crippen molar-refractivity contribution in [2.24, 2.45) is 11.7 Å². The van der Waals surface area contributed by atoms with E-state index < -0.39 is 0 Å². The minimum atomic E-state index is -0.306. The summed E-state index contributed by atoms with van der Waals surface area (Å²) in [6, 6.07) is 7.99. The van der Waals surface area contributed by atoms with Crippen LogP contribution in [-0.2, 0) is 6.42 Å². The Morgan fingerprint density at radius 3 is 2.83 bits per heavy atom. The molecule has 0 aliphatic carbocycles. The van der Waals surface area contributed by atoms with Crippen molar-refractivity contribution >= 4 is 11.6 Å². The molecule has 100 valence electrons. The largest absolute Gasteiger partial charge is 0.313 e. The molecule has 1 saturated heterocycles. The van der Waals surface area contributed by atoms with E-state index in [0.717, 1.165) is 36.0 Å². The number of rotatable bonds is 3. The minimum Gasteiger partial charge on any atom is -0.313 e. The summed E-state index contributed by atoms with van der Waals surface area (Å²) >= 11 is 6.22. The second-order valence-corrected chi connectivity index (χ2v) is 6.23. The molecule has 2 N–H and O–H groups in total. The van der Waals surface area contributed by atoms with Gasteiger partial charge in [0, 0.05) is 18.0 Å². The van der Waals surface area contributed by atoms with Crippen molar-refractivity contribution in [1.82, 2.24) is 4.90 Å². The lowest BCUT2D eigenvalue weighted by molar-refractivity contribution is 0.0627. The number of benzene rings is 1. The van der Waals surface area contributed by atoms with Crippen LogP contribution in [-0.4, -0.2) is 23.7 Å². The maximum absolute atomic E-state index is 6.52. The molecule has 1 heterocycles. The molecule has 2 atom stereocenters. The molecule has 2 nitrogen and oxygen atoms in total. The zero-order valence-corrected chi connectivity index (χ0v) is 12.1. The zero-order valence-electron chi connectivity index (χ0n) is 11.3. The number of hydrogen-bond donors (Lipinski definition) is 1. The van der Waals surface area contributed by atoms with Crippen LogP contribution in [0.5, 0.6) is 0 Å². The summed E-state index contributed by atoms with van der Waals surface area (Å²) in [6.07, 6.45) is 3.37. The predicted molar refractivity (Wildman–Crippen MR) is 77.7 cm³/mol. The van der Waals surface area contributed by atoms with Gasteiger partial charge in [0.2, 0.25) is 0 Å². The van der Waals surface area contributed by atoms with Gasteiger partial charge in [-0.1, -0.05) is 36.7 Å². The van der Waals surface area contributed by atoms with Gasteiger partial charge < -0.3 is 5.73 Å². The van der Waals surface area contributed by atoms with Crippen molar-refractivity contribution < 1.29 is 0 Å². The molecule has 1 aromatic carbocycles. The van der Waals surface area contributed by atoms with E-state index in [4.69, 9.17) is 17.3 Å². The van der Waals surface area contributed by atoms with Gasteiger partial charge in [0.1, 0.15) is 0 Å². The molecule has 1 aliphatic rings. The van der Waals surface area contributed by atoms with E-state index in [1.54, 1.807) is 0 Å². The van der Waals surface area contributed by atoms with Crippen LogP contribution >= 0.6 is 11.6 Å². The number of hydrogen-bond acceptors (Lipinski definition) is 2. The molecule has 1 aromatic rings. The SMILES string of the molecule is CC1CCCN(C(C)(N)Cc2ccccc2Cl)C1. The summed E-state index contributed by atoms with van der Waals surface area (Å²) in [4.78, 5) is 2.41. The summed E-state index contributed by atoms with van der Waals surface area (Å²) in [5, 5.41) is 0.819. The Hall–Kier alpha value is -0.570. The van der Waals surface area contributed by atoms with Crippen molar-refractivity contribution in [1.29, 1.82) is 0 Å². The standard InChI is InChI=1S/C15H23ClN2/c1-12-6-5-9-18(11-12)15(2,17)10-13-7-3-4-8-14(13)16/h3-4,7-8,12H,5-6,9-11,17H2,1-2H3. The normalized spacial score (nSPS) is 24.8. The van der Waals surface area contributed by atoms with Gasteiger partial charge in [-0.25, -0.2) is 0 Å². The van der Waals surface area contributed by atoms with Crippen LogP contribution in [0.15, 0.2) is 24.3 Å². The Kier molecular flexibility index (Phi) is 4.31. The Morgan fingerprint density at radius 1 is 1.44 bits per heavy atom. The van der Waals surface area contributed by atoms with Crippen LogP contribution in [0.4, 0.5) is 0 Å². The number of nitrogens with two attached hydrogens (primary N) is 1. The van der Waals surface area contributed by atoms with E-state index in [1.807, 2.05) is 18.2 Å². The van der Waals surface area contributed by atoms with Crippen molar-refractivity contribution in [3.8, 4) is 0 Å². The highest BCUT2D eigenvalue weighted by molar-refractivity contribution is 6.31. The van der Waals surface area contributed by atoms with E-state index >= 15 is 0 Å². The van der Waals surface area contributed by atoms with Crippen molar-refractivity contribution in [2.75, 3.05) is 13.1 Å². The van der Waals surface area contributed by atoms with Crippen LogP contribution in [0, 0.1) is 5.92 Å².